The van der Waals surface area contributed by atoms with E-state index < -0.39 is 46.3 Å². The number of β-lactam (4-membered cyclic amide) rings is 1. The van der Waals surface area contributed by atoms with Crippen LogP contribution in [0.4, 0.5) is 5.13 Å². The average Bonchev–Trinajstić information content (AvgIpc) is 3.44. The molecule has 17 nitrogen and oxygen atoms in total. The number of carbonyl (C=O) groups is 4. The van der Waals surface area contributed by atoms with Crippen molar-refractivity contribution in [3.8, 4) is 5.75 Å². The van der Waals surface area contributed by atoms with Crippen molar-refractivity contribution in [1.82, 2.24) is 29.5 Å². The van der Waals surface area contributed by atoms with Gasteiger partial charge in [-0.05, 0) is 0 Å². The minimum atomic E-state index is -1.51. The van der Waals surface area contributed by atoms with Gasteiger partial charge in [0.15, 0.2) is 10.9 Å². The number of rotatable bonds is 10. The number of aromatic hydroxyl groups is 1. The number of fused-ring (bicyclic) bond motifs is 1. The van der Waals surface area contributed by atoms with Gasteiger partial charge in [-0.1, -0.05) is 17.8 Å². The molecule has 238 valence electrons. The summed E-state index contributed by atoms with van der Waals surface area (Å²) < 4.78 is 4.37. The number of nitrogen functional groups attached to an aromatic ring is 1. The second-order valence-corrected chi connectivity index (χ2v) is 12.6. The van der Waals surface area contributed by atoms with Gasteiger partial charge in [-0.2, -0.15) is 9.36 Å². The van der Waals surface area contributed by atoms with E-state index >= 15 is 0 Å². The number of pyridine rings is 1. The van der Waals surface area contributed by atoms with Gasteiger partial charge in [0.05, 0.1) is 44.9 Å². The first-order chi connectivity index (χ1) is 21.4. The number of H-pyrrole nitrogens is 1. The number of aliphatic carboxylic acids is 1. The molecule has 2 fully saturated rings. The zero-order valence-electron chi connectivity index (χ0n) is 23.9. The Morgan fingerprint density at radius 1 is 1.36 bits per heavy atom. The summed E-state index contributed by atoms with van der Waals surface area (Å²) in [6.45, 7) is 5.41. The minimum Gasteiger partial charge on any atom is -0.543 e. The molecule has 2 saturated heterocycles. The van der Waals surface area contributed by atoms with E-state index in [1.54, 1.807) is 4.90 Å². The number of nitrogens with one attached hydrogen (secondary N) is 2. The number of carboxylic acid groups (broad SMARTS) is 1. The lowest BCUT2D eigenvalue weighted by molar-refractivity contribution is -0.908. The minimum absolute atomic E-state index is 0.00138. The summed E-state index contributed by atoms with van der Waals surface area (Å²) in [5.41, 5.74) is 4.99. The second kappa shape index (κ2) is 12.7. The molecule has 3 aliphatic heterocycles. The molecule has 0 radical (unpaired) electrons. The monoisotopic (exact) mass is 659 g/mol. The van der Waals surface area contributed by atoms with Gasteiger partial charge in [0.1, 0.15) is 30.3 Å². The van der Waals surface area contributed by atoms with Crippen molar-refractivity contribution in [3.05, 3.63) is 57.9 Å². The molecule has 0 saturated carbocycles. The largest absolute Gasteiger partial charge is 0.543 e. The molecule has 2 aromatic heterocycles. The summed E-state index contributed by atoms with van der Waals surface area (Å²) in [6, 6.07) is -0.00679. The number of nitrogens with zero attached hydrogens (tertiary/aromatic N) is 6. The predicted molar refractivity (Wildman–Crippen MR) is 159 cm³/mol. The molecular weight excluding hydrogens is 630 g/mol. The number of anilines is 1. The number of hydrogen-bond donors (Lipinski definition) is 4. The molecule has 0 unspecified atom stereocenters. The van der Waals surface area contributed by atoms with E-state index in [0.29, 0.717) is 36.2 Å². The van der Waals surface area contributed by atoms with Crippen LogP contribution in [0.5, 0.6) is 5.75 Å². The molecule has 5 N–H and O–H groups in total. The molecule has 3 aliphatic rings. The van der Waals surface area contributed by atoms with Gasteiger partial charge in [-0.3, -0.25) is 24.1 Å². The molecule has 5 heterocycles. The van der Waals surface area contributed by atoms with Crippen molar-refractivity contribution in [2.24, 2.45) is 5.16 Å². The Kier molecular flexibility index (Phi) is 8.94. The fourth-order valence-electron chi connectivity index (χ4n) is 5.20. The Morgan fingerprint density at radius 2 is 2.09 bits per heavy atom. The van der Waals surface area contributed by atoms with Crippen molar-refractivity contribution in [2.75, 3.05) is 57.9 Å². The zero-order chi connectivity index (χ0) is 32.5. The Hall–Kier alpha value is -4.75. The van der Waals surface area contributed by atoms with Crippen LogP contribution in [0.3, 0.4) is 0 Å². The third-order valence-corrected chi connectivity index (χ3v) is 9.43. The highest BCUT2D eigenvalue weighted by Gasteiger charge is 2.54. The standard InChI is InChI=1S/C26H29N9O8S2/c1-3-8-43-31-17(20-30-26(27)45-32-20)21(38)29-18-23(40)34-19(25(41)42)13(12-44-24(18)34)11-35(2)6-4-33(5-7-35)22(39)14-9-15(36)16(37)10-28-14/h3,9-10,18,24H,1,4-8,11-12H2,2H3,(H5-,27,28,29,30,31,32,36,37,38,39,41,42)/t18-,24+/m1/s1. The maximum Gasteiger partial charge on any atom is 0.278 e. The van der Waals surface area contributed by atoms with Crippen LogP contribution in [-0.2, 0) is 19.2 Å². The highest BCUT2D eigenvalue weighted by Crippen LogP contribution is 2.40. The number of nitrogens with two attached hydrogens (primary N) is 1. The van der Waals surface area contributed by atoms with Crippen LogP contribution >= 0.6 is 23.3 Å². The SMILES string of the molecule is C=CCON=C(C(=O)N[C@@H]1C(=O)N2C(C(=O)[O-])=C(C[N+]3(C)CCN(C(=O)c4cc(=O)c(O)c[nH]4)CC3)CS[C@@H]12)c1nsc(N)n1. The number of oxime groups is 1. The molecule has 0 spiro atoms. The van der Waals surface area contributed by atoms with Crippen LogP contribution in [0.1, 0.15) is 16.3 Å². The lowest BCUT2D eigenvalue weighted by Gasteiger charge is -2.51. The number of hydrogen-bond acceptors (Lipinski definition) is 14. The number of aromatic nitrogens is 3. The first-order valence-corrected chi connectivity index (χ1v) is 15.4. The van der Waals surface area contributed by atoms with E-state index in [1.165, 1.54) is 17.8 Å². The number of aromatic amines is 1. The molecule has 0 aliphatic carbocycles. The van der Waals surface area contributed by atoms with Gasteiger partial charge >= 0.3 is 0 Å². The molecule has 0 bridgehead atoms. The number of amides is 3. The smallest absolute Gasteiger partial charge is 0.278 e. The van der Waals surface area contributed by atoms with E-state index in [1.807, 2.05) is 7.05 Å². The number of quaternary nitrogens is 1. The maximum atomic E-state index is 13.2. The van der Waals surface area contributed by atoms with Gasteiger partial charge in [0.25, 0.3) is 17.7 Å². The predicted octanol–water partition coefficient (Wildman–Crippen LogP) is -2.57. The summed E-state index contributed by atoms with van der Waals surface area (Å²) in [5.74, 6) is -3.64. The molecule has 3 amide bonds. The highest BCUT2D eigenvalue weighted by molar-refractivity contribution is 8.00. The van der Waals surface area contributed by atoms with Gasteiger partial charge in [-0.15, -0.1) is 11.8 Å². The molecule has 2 atom stereocenters. The number of piperazine rings is 1. The summed E-state index contributed by atoms with van der Waals surface area (Å²) in [6.07, 6.45) is 2.48. The Morgan fingerprint density at radius 3 is 2.71 bits per heavy atom. The third-order valence-electron chi connectivity index (χ3n) is 7.55. The number of carboxylic acids is 1. The zero-order valence-corrected chi connectivity index (χ0v) is 25.6. The first kappa shape index (κ1) is 31.7. The van der Waals surface area contributed by atoms with Crippen molar-refractivity contribution < 1.29 is 38.7 Å². The highest BCUT2D eigenvalue weighted by atomic mass is 32.2. The Labute approximate surface area is 263 Å². The first-order valence-electron chi connectivity index (χ1n) is 13.6. The maximum absolute atomic E-state index is 13.2. The molecule has 45 heavy (non-hydrogen) atoms. The quantitative estimate of drug-likeness (QED) is 0.0514. The van der Waals surface area contributed by atoms with Crippen molar-refractivity contribution >= 4 is 57.8 Å². The van der Waals surface area contributed by atoms with E-state index in [-0.39, 0.29) is 47.0 Å². The van der Waals surface area contributed by atoms with Gasteiger partial charge in [0.2, 0.25) is 17.0 Å². The third kappa shape index (κ3) is 6.40. The van der Waals surface area contributed by atoms with E-state index in [9.17, 15) is 34.2 Å². The van der Waals surface area contributed by atoms with Crippen LogP contribution in [0, 0.1) is 0 Å². The molecule has 19 heteroatoms. The van der Waals surface area contributed by atoms with E-state index in [0.717, 1.165) is 28.7 Å². The fourth-order valence-corrected chi connectivity index (χ4v) is 6.97. The lowest BCUT2D eigenvalue weighted by Crippen LogP contribution is -2.72. The molecule has 5 rings (SSSR count). The summed E-state index contributed by atoms with van der Waals surface area (Å²) >= 11 is 2.15. The van der Waals surface area contributed by atoms with Crippen LogP contribution in [0.25, 0.3) is 0 Å². The second-order valence-electron chi connectivity index (χ2n) is 10.7. The van der Waals surface area contributed by atoms with Crippen LogP contribution < -0.4 is 21.6 Å². The molecule has 2 aromatic rings. The van der Waals surface area contributed by atoms with Gasteiger partial charge in [-0.25, -0.2) is 0 Å². The fraction of sp³-hybridized carbons (Fsp3) is 0.385. The number of likely N-dealkylation sites (N-methyl/N-ethyl adjacent to an activating group) is 1. The van der Waals surface area contributed by atoms with E-state index in [4.69, 9.17) is 10.6 Å². The number of thioether (sulfide) groups is 1. The van der Waals surface area contributed by atoms with Crippen LogP contribution in [0.15, 0.2) is 46.1 Å². The molecular formula is C26H29N9O8S2. The van der Waals surface area contributed by atoms with Crippen LogP contribution in [-0.4, -0.2) is 127 Å². The summed E-state index contributed by atoms with van der Waals surface area (Å²) in [4.78, 5) is 77.6. The topological polar surface area (TPSA) is 236 Å². The summed E-state index contributed by atoms with van der Waals surface area (Å²) in [7, 11) is 1.93. The normalized spacial score (nSPS) is 21.1. The van der Waals surface area contributed by atoms with Crippen molar-refractivity contribution in [2.45, 2.75) is 11.4 Å². The Bertz CT molecular complexity index is 1680. The Balaban J connectivity index is 1.26. The van der Waals surface area contributed by atoms with Crippen LogP contribution in [0.2, 0.25) is 0 Å². The van der Waals surface area contributed by atoms with Crippen molar-refractivity contribution in [3.63, 3.8) is 0 Å². The van der Waals surface area contributed by atoms with E-state index in [2.05, 4.69) is 31.4 Å². The average molecular weight is 660 g/mol. The molecule has 0 aromatic carbocycles. The number of carbonyl (C=O) groups excluding carboxylic acids is 4. The lowest BCUT2D eigenvalue weighted by atomic mass is 10.0. The van der Waals surface area contributed by atoms with Gasteiger partial charge < -0.3 is 45.3 Å². The summed E-state index contributed by atoms with van der Waals surface area (Å²) in [5, 5.41) is 27.5. The van der Waals surface area contributed by atoms with Gasteiger partial charge in [0, 0.05) is 35.1 Å². The van der Waals surface area contributed by atoms with Crippen molar-refractivity contribution in [1.29, 1.82) is 0 Å².